The number of halogens is 6. The van der Waals surface area contributed by atoms with Crippen molar-refractivity contribution in [1.82, 2.24) is 9.88 Å². The SMILES string of the molecule is O=C(O)C(F)(F)F.O=C(O)C(F)(F)F.O=C1C2CN(Cc3cccnc3)CC2CN1c1ccccc1. The number of benzene rings is 1. The molecule has 0 bridgehead atoms. The van der Waals surface area contributed by atoms with Gasteiger partial charge in [-0.3, -0.25) is 14.7 Å². The minimum atomic E-state index is -5.08. The number of nitrogens with zero attached hydrogens (tertiary/aromatic N) is 3. The Morgan fingerprint density at radius 2 is 1.44 bits per heavy atom. The number of carbonyl (C=O) groups is 3. The summed E-state index contributed by atoms with van der Waals surface area (Å²) in [7, 11) is 0. The van der Waals surface area contributed by atoms with Gasteiger partial charge in [0.2, 0.25) is 5.91 Å². The number of fused-ring (bicyclic) bond motifs is 1. The fourth-order valence-corrected chi connectivity index (χ4v) is 3.67. The maximum atomic E-state index is 12.7. The van der Waals surface area contributed by atoms with E-state index >= 15 is 0 Å². The largest absolute Gasteiger partial charge is 0.490 e. The van der Waals surface area contributed by atoms with Gasteiger partial charge >= 0.3 is 24.3 Å². The van der Waals surface area contributed by atoms with Crippen LogP contribution in [-0.4, -0.2) is 69.9 Å². The van der Waals surface area contributed by atoms with Gasteiger partial charge in [0.05, 0.1) is 5.92 Å². The molecule has 8 nitrogen and oxygen atoms in total. The first kappa shape index (κ1) is 28.6. The van der Waals surface area contributed by atoms with Gasteiger partial charge in [0, 0.05) is 50.2 Å². The van der Waals surface area contributed by atoms with E-state index in [-0.39, 0.29) is 11.8 Å². The van der Waals surface area contributed by atoms with Crippen molar-refractivity contribution in [1.29, 1.82) is 0 Å². The summed E-state index contributed by atoms with van der Waals surface area (Å²) in [5.41, 5.74) is 2.25. The number of hydrogen-bond acceptors (Lipinski definition) is 5. The Hall–Kier alpha value is -3.68. The Kier molecular flexibility index (Phi) is 9.39. The van der Waals surface area contributed by atoms with Gasteiger partial charge in [0.1, 0.15) is 0 Å². The third-order valence-electron chi connectivity index (χ3n) is 5.20. The molecule has 1 aromatic carbocycles. The number of carboxylic acid groups (broad SMARTS) is 2. The van der Waals surface area contributed by atoms with E-state index in [4.69, 9.17) is 19.8 Å². The maximum absolute atomic E-state index is 12.7. The molecule has 196 valence electrons. The molecule has 2 unspecified atom stereocenters. The molecule has 2 aliphatic rings. The highest BCUT2D eigenvalue weighted by atomic mass is 19.4. The van der Waals surface area contributed by atoms with Crippen LogP contribution in [0.5, 0.6) is 0 Å². The number of aromatic nitrogens is 1. The summed E-state index contributed by atoms with van der Waals surface area (Å²) in [4.78, 5) is 39.0. The lowest BCUT2D eigenvalue weighted by Gasteiger charge is -2.21. The minimum Gasteiger partial charge on any atom is -0.475 e. The highest BCUT2D eigenvalue weighted by Crippen LogP contribution is 2.35. The molecule has 0 spiro atoms. The molecule has 0 radical (unpaired) electrons. The van der Waals surface area contributed by atoms with E-state index in [9.17, 15) is 31.1 Å². The zero-order valence-corrected chi connectivity index (χ0v) is 18.4. The van der Waals surface area contributed by atoms with E-state index in [1.54, 1.807) is 6.20 Å². The van der Waals surface area contributed by atoms with Gasteiger partial charge in [-0.05, 0) is 23.8 Å². The van der Waals surface area contributed by atoms with Crippen LogP contribution >= 0.6 is 0 Å². The summed E-state index contributed by atoms with van der Waals surface area (Å²) in [5.74, 6) is -4.63. The fraction of sp³-hybridized carbons (Fsp3) is 0.364. The second-order valence-electron chi connectivity index (χ2n) is 7.81. The van der Waals surface area contributed by atoms with E-state index in [0.717, 1.165) is 31.9 Å². The van der Waals surface area contributed by atoms with E-state index < -0.39 is 24.3 Å². The standard InChI is InChI=1S/C18H19N3O.2C2HF3O2/c22-18-17-13-20(10-14-5-4-8-19-9-14)11-15(17)12-21(18)16-6-2-1-3-7-16;2*3-2(4,5)1(6)7/h1-9,15,17H,10-13H2;2*(H,6,7). The molecule has 1 amide bonds. The molecule has 1 aromatic heterocycles. The lowest BCUT2D eigenvalue weighted by atomic mass is 10.0. The number of aliphatic carboxylic acids is 2. The first-order valence-corrected chi connectivity index (χ1v) is 10.3. The minimum absolute atomic E-state index is 0.150. The number of carbonyl (C=O) groups excluding carboxylic acids is 1. The van der Waals surface area contributed by atoms with Crippen LogP contribution in [0.25, 0.3) is 0 Å². The normalized spacial score (nSPS) is 19.5. The van der Waals surface area contributed by atoms with Crippen molar-refractivity contribution in [3.8, 4) is 0 Å². The molecule has 2 aliphatic heterocycles. The average molecular weight is 521 g/mol. The lowest BCUT2D eigenvalue weighted by Crippen LogP contribution is -2.32. The van der Waals surface area contributed by atoms with Gasteiger partial charge in [-0.2, -0.15) is 26.3 Å². The van der Waals surface area contributed by atoms with Crippen LogP contribution in [-0.2, 0) is 20.9 Å². The van der Waals surface area contributed by atoms with Crippen LogP contribution in [0, 0.1) is 11.8 Å². The monoisotopic (exact) mass is 521 g/mol. The van der Waals surface area contributed by atoms with Gasteiger partial charge in [-0.25, -0.2) is 9.59 Å². The molecule has 0 saturated carbocycles. The third kappa shape index (κ3) is 8.22. The molecule has 4 rings (SSSR count). The Bertz CT molecular complexity index is 1010. The van der Waals surface area contributed by atoms with E-state index in [0.29, 0.717) is 5.92 Å². The van der Waals surface area contributed by atoms with Crippen LogP contribution < -0.4 is 4.90 Å². The van der Waals surface area contributed by atoms with Gasteiger partial charge in [0.15, 0.2) is 0 Å². The van der Waals surface area contributed by atoms with E-state index in [1.165, 1.54) is 5.56 Å². The highest BCUT2D eigenvalue weighted by Gasteiger charge is 2.46. The Morgan fingerprint density at radius 3 is 1.89 bits per heavy atom. The van der Waals surface area contributed by atoms with Crippen molar-refractivity contribution >= 4 is 23.5 Å². The van der Waals surface area contributed by atoms with Crippen LogP contribution in [0.4, 0.5) is 32.0 Å². The molecule has 2 atom stereocenters. The second-order valence-corrected chi connectivity index (χ2v) is 7.81. The Labute approximate surface area is 200 Å². The molecule has 2 aromatic rings. The van der Waals surface area contributed by atoms with E-state index in [2.05, 4.69) is 16.0 Å². The number of para-hydroxylation sites is 1. The van der Waals surface area contributed by atoms with Gasteiger partial charge in [-0.1, -0.05) is 24.3 Å². The van der Waals surface area contributed by atoms with Gasteiger partial charge < -0.3 is 15.1 Å². The van der Waals surface area contributed by atoms with Crippen molar-refractivity contribution < 1.29 is 50.9 Å². The predicted octanol–water partition coefficient (Wildman–Crippen LogP) is 3.44. The number of rotatable bonds is 3. The number of alkyl halides is 6. The molecule has 2 fully saturated rings. The quantitative estimate of drug-likeness (QED) is 0.596. The first-order chi connectivity index (χ1) is 16.7. The van der Waals surface area contributed by atoms with Crippen molar-refractivity contribution in [2.24, 2.45) is 11.8 Å². The summed E-state index contributed by atoms with van der Waals surface area (Å²) in [5, 5.41) is 14.2. The summed E-state index contributed by atoms with van der Waals surface area (Å²) >= 11 is 0. The van der Waals surface area contributed by atoms with Gasteiger partial charge in [0.25, 0.3) is 0 Å². The smallest absolute Gasteiger partial charge is 0.475 e. The van der Waals surface area contributed by atoms with Crippen LogP contribution in [0.2, 0.25) is 0 Å². The molecule has 3 heterocycles. The number of anilines is 1. The Morgan fingerprint density at radius 1 is 0.889 bits per heavy atom. The lowest BCUT2D eigenvalue weighted by molar-refractivity contribution is -0.193. The second kappa shape index (κ2) is 11.8. The summed E-state index contributed by atoms with van der Waals surface area (Å²) in [6, 6.07) is 14.1. The molecule has 14 heteroatoms. The Balaban J connectivity index is 0.000000271. The van der Waals surface area contributed by atoms with Crippen LogP contribution in [0.3, 0.4) is 0 Å². The summed E-state index contributed by atoms with van der Waals surface area (Å²) < 4.78 is 63.5. The van der Waals surface area contributed by atoms with Crippen molar-refractivity contribution in [3.63, 3.8) is 0 Å². The topological polar surface area (TPSA) is 111 Å². The first-order valence-electron chi connectivity index (χ1n) is 10.3. The molecule has 36 heavy (non-hydrogen) atoms. The third-order valence-corrected chi connectivity index (χ3v) is 5.20. The van der Waals surface area contributed by atoms with Crippen LogP contribution in [0.1, 0.15) is 5.56 Å². The number of carboxylic acids is 2. The van der Waals surface area contributed by atoms with Crippen molar-refractivity contribution in [2.45, 2.75) is 18.9 Å². The molecule has 2 saturated heterocycles. The van der Waals surface area contributed by atoms with Crippen LogP contribution in [0.15, 0.2) is 54.9 Å². The van der Waals surface area contributed by atoms with E-state index in [1.807, 2.05) is 47.5 Å². The number of likely N-dealkylation sites (tertiary alicyclic amines) is 1. The fourth-order valence-electron chi connectivity index (χ4n) is 3.67. The molecular weight excluding hydrogens is 500 g/mol. The zero-order chi connectivity index (χ0) is 27.1. The maximum Gasteiger partial charge on any atom is 0.490 e. The zero-order valence-electron chi connectivity index (χ0n) is 18.4. The molecule has 2 N–H and O–H groups in total. The molecular formula is C22H21F6N3O5. The van der Waals surface area contributed by atoms with Crippen molar-refractivity contribution in [3.05, 3.63) is 60.4 Å². The average Bonchev–Trinajstić information content (AvgIpc) is 3.33. The highest BCUT2D eigenvalue weighted by molar-refractivity contribution is 5.98. The van der Waals surface area contributed by atoms with Crippen molar-refractivity contribution in [2.75, 3.05) is 24.5 Å². The summed E-state index contributed by atoms with van der Waals surface area (Å²) in [6.45, 7) is 3.59. The van der Waals surface area contributed by atoms with Gasteiger partial charge in [-0.15, -0.1) is 0 Å². The number of amides is 1. The number of hydrogen-bond donors (Lipinski definition) is 2. The predicted molar refractivity (Wildman–Crippen MR) is 113 cm³/mol. The summed E-state index contributed by atoms with van der Waals surface area (Å²) in [6.07, 6.45) is -6.46. The number of pyridine rings is 1. The molecule has 0 aliphatic carbocycles.